The first-order valence-electron chi connectivity index (χ1n) is 10.1. The Bertz CT molecular complexity index is 766. The Morgan fingerprint density at radius 1 is 1.21 bits per heavy atom. The highest BCUT2D eigenvalue weighted by atomic mass is 16.5. The minimum absolute atomic E-state index is 0.266. The van der Waals surface area contributed by atoms with E-state index < -0.39 is 0 Å². The third-order valence-electron chi connectivity index (χ3n) is 4.74. The van der Waals surface area contributed by atoms with Crippen LogP contribution in [-0.4, -0.2) is 42.0 Å². The number of hydrogen-bond donors (Lipinski definition) is 2. The Morgan fingerprint density at radius 2 is 1.96 bits per heavy atom. The number of rotatable bonds is 9. The van der Waals surface area contributed by atoms with Crippen molar-refractivity contribution in [3.8, 4) is 5.69 Å². The Kier molecular flexibility index (Phi) is 8.51. The van der Waals surface area contributed by atoms with E-state index in [4.69, 9.17) is 4.74 Å². The van der Waals surface area contributed by atoms with Crippen LogP contribution in [0.4, 0.5) is 0 Å². The van der Waals surface area contributed by atoms with Gasteiger partial charge in [0, 0.05) is 32.4 Å². The standard InChI is InChI=1S/C22H35N5O/c1-7-28-21(16(2)3)12-13-24-22(23-6)25-15-19-10-8-9-11-20(19)27-18(5)14-17(4)26-27/h8-11,14,16,21H,7,12-13,15H2,1-6H3,(H2,23,24,25). The van der Waals surface area contributed by atoms with E-state index in [9.17, 15) is 0 Å². The quantitative estimate of drug-likeness (QED) is 0.511. The van der Waals surface area contributed by atoms with E-state index in [-0.39, 0.29) is 6.10 Å². The maximum absolute atomic E-state index is 5.82. The van der Waals surface area contributed by atoms with Gasteiger partial charge in [-0.15, -0.1) is 0 Å². The van der Waals surface area contributed by atoms with Gasteiger partial charge in [-0.25, -0.2) is 4.68 Å². The number of para-hydroxylation sites is 1. The van der Waals surface area contributed by atoms with Crippen LogP contribution in [0.25, 0.3) is 5.69 Å². The van der Waals surface area contributed by atoms with E-state index in [0.717, 1.165) is 42.6 Å². The molecule has 1 unspecified atom stereocenters. The van der Waals surface area contributed by atoms with Gasteiger partial charge in [-0.1, -0.05) is 32.0 Å². The SMILES string of the molecule is CCOC(CCNC(=NC)NCc1ccccc1-n1nc(C)cc1C)C(C)C. The number of guanidine groups is 1. The molecule has 1 aromatic carbocycles. The van der Waals surface area contributed by atoms with Crippen LogP contribution in [0.3, 0.4) is 0 Å². The van der Waals surface area contributed by atoms with Crippen LogP contribution in [0.15, 0.2) is 35.3 Å². The second kappa shape index (κ2) is 10.9. The fourth-order valence-electron chi connectivity index (χ4n) is 3.30. The van der Waals surface area contributed by atoms with Crippen LogP contribution in [0.5, 0.6) is 0 Å². The minimum Gasteiger partial charge on any atom is -0.378 e. The van der Waals surface area contributed by atoms with Gasteiger partial charge >= 0.3 is 0 Å². The van der Waals surface area contributed by atoms with Gasteiger partial charge in [0.05, 0.1) is 17.5 Å². The van der Waals surface area contributed by atoms with Crippen molar-refractivity contribution >= 4 is 5.96 Å². The molecule has 6 nitrogen and oxygen atoms in total. The van der Waals surface area contributed by atoms with Gasteiger partial charge in [0.2, 0.25) is 0 Å². The van der Waals surface area contributed by atoms with Crippen molar-refractivity contribution in [2.24, 2.45) is 10.9 Å². The van der Waals surface area contributed by atoms with Gasteiger partial charge in [-0.05, 0) is 50.8 Å². The molecule has 0 aliphatic rings. The van der Waals surface area contributed by atoms with Crippen molar-refractivity contribution < 1.29 is 4.74 Å². The van der Waals surface area contributed by atoms with Gasteiger partial charge in [-0.3, -0.25) is 4.99 Å². The number of hydrogen-bond acceptors (Lipinski definition) is 3. The largest absolute Gasteiger partial charge is 0.378 e. The molecule has 1 atom stereocenters. The average Bonchev–Trinajstić information content (AvgIpc) is 3.01. The summed E-state index contributed by atoms with van der Waals surface area (Å²) in [6.45, 7) is 12.8. The molecule has 28 heavy (non-hydrogen) atoms. The van der Waals surface area contributed by atoms with E-state index >= 15 is 0 Å². The van der Waals surface area contributed by atoms with E-state index in [0.29, 0.717) is 12.5 Å². The van der Waals surface area contributed by atoms with Crippen molar-refractivity contribution in [3.63, 3.8) is 0 Å². The first kappa shape index (κ1) is 22.0. The van der Waals surface area contributed by atoms with E-state index in [2.05, 4.69) is 65.8 Å². The van der Waals surface area contributed by atoms with Gasteiger partial charge < -0.3 is 15.4 Å². The Labute approximate surface area is 169 Å². The molecule has 1 heterocycles. The highest BCUT2D eigenvalue weighted by Gasteiger charge is 2.13. The fraction of sp³-hybridized carbons (Fsp3) is 0.545. The highest BCUT2D eigenvalue weighted by Crippen LogP contribution is 2.17. The van der Waals surface area contributed by atoms with Gasteiger partial charge in [0.25, 0.3) is 0 Å². The molecule has 0 fully saturated rings. The molecule has 2 N–H and O–H groups in total. The monoisotopic (exact) mass is 385 g/mol. The first-order valence-corrected chi connectivity index (χ1v) is 10.1. The summed E-state index contributed by atoms with van der Waals surface area (Å²) in [6.07, 6.45) is 1.22. The lowest BCUT2D eigenvalue weighted by Gasteiger charge is -2.21. The van der Waals surface area contributed by atoms with E-state index in [1.165, 1.54) is 5.56 Å². The maximum Gasteiger partial charge on any atom is 0.191 e. The molecule has 0 aliphatic heterocycles. The van der Waals surface area contributed by atoms with Crippen molar-refractivity contribution in [1.82, 2.24) is 20.4 Å². The lowest BCUT2D eigenvalue weighted by atomic mass is 10.0. The molecule has 0 aliphatic carbocycles. The molecular weight excluding hydrogens is 350 g/mol. The normalized spacial score (nSPS) is 13.0. The Hall–Kier alpha value is -2.34. The zero-order chi connectivity index (χ0) is 20.5. The number of benzene rings is 1. The summed E-state index contributed by atoms with van der Waals surface area (Å²) in [6, 6.07) is 10.4. The summed E-state index contributed by atoms with van der Waals surface area (Å²) in [4.78, 5) is 4.35. The molecule has 0 saturated heterocycles. The summed E-state index contributed by atoms with van der Waals surface area (Å²) >= 11 is 0. The van der Waals surface area contributed by atoms with Crippen LogP contribution in [0.2, 0.25) is 0 Å². The maximum atomic E-state index is 5.82. The summed E-state index contributed by atoms with van der Waals surface area (Å²) in [5, 5.41) is 11.4. The van der Waals surface area contributed by atoms with Crippen molar-refractivity contribution in [2.45, 2.75) is 53.7 Å². The van der Waals surface area contributed by atoms with Crippen molar-refractivity contribution in [1.29, 1.82) is 0 Å². The number of ether oxygens (including phenoxy) is 1. The molecule has 0 bridgehead atoms. The predicted molar refractivity (Wildman–Crippen MR) is 116 cm³/mol. The third kappa shape index (κ3) is 6.09. The Balaban J connectivity index is 1.96. The minimum atomic E-state index is 0.266. The molecule has 1 aromatic heterocycles. The number of aryl methyl sites for hydroxylation is 2. The molecule has 2 aromatic rings. The summed E-state index contributed by atoms with van der Waals surface area (Å²) in [7, 11) is 1.80. The molecule has 6 heteroatoms. The fourth-order valence-corrected chi connectivity index (χ4v) is 3.30. The molecule has 2 rings (SSSR count). The van der Waals surface area contributed by atoms with Crippen LogP contribution in [0, 0.1) is 19.8 Å². The number of nitrogens with zero attached hydrogens (tertiary/aromatic N) is 3. The van der Waals surface area contributed by atoms with Crippen molar-refractivity contribution in [3.05, 3.63) is 47.3 Å². The first-order chi connectivity index (χ1) is 13.5. The lowest BCUT2D eigenvalue weighted by Crippen LogP contribution is -2.39. The molecule has 154 valence electrons. The van der Waals surface area contributed by atoms with Gasteiger partial charge in [0.1, 0.15) is 0 Å². The summed E-state index contributed by atoms with van der Waals surface area (Å²) < 4.78 is 7.81. The van der Waals surface area contributed by atoms with Gasteiger partial charge in [0.15, 0.2) is 5.96 Å². The number of aromatic nitrogens is 2. The van der Waals surface area contributed by atoms with Crippen LogP contribution >= 0.6 is 0 Å². The topological polar surface area (TPSA) is 63.5 Å². The molecular formula is C22H35N5O. The van der Waals surface area contributed by atoms with Crippen LogP contribution < -0.4 is 10.6 Å². The third-order valence-corrected chi connectivity index (χ3v) is 4.74. The molecule has 0 saturated carbocycles. The summed E-state index contributed by atoms with van der Waals surface area (Å²) in [5.74, 6) is 1.30. The second-order valence-corrected chi connectivity index (χ2v) is 7.35. The zero-order valence-corrected chi connectivity index (χ0v) is 18.1. The van der Waals surface area contributed by atoms with E-state index in [1.807, 2.05) is 24.6 Å². The Morgan fingerprint density at radius 3 is 2.57 bits per heavy atom. The van der Waals surface area contributed by atoms with E-state index in [1.54, 1.807) is 7.05 Å². The molecule has 0 radical (unpaired) electrons. The number of aliphatic imine (C=N–C) groups is 1. The van der Waals surface area contributed by atoms with Gasteiger partial charge in [-0.2, -0.15) is 5.10 Å². The van der Waals surface area contributed by atoms with Crippen molar-refractivity contribution in [2.75, 3.05) is 20.2 Å². The van der Waals surface area contributed by atoms with Crippen LogP contribution in [0.1, 0.15) is 44.1 Å². The average molecular weight is 386 g/mol. The van der Waals surface area contributed by atoms with Crippen LogP contribution in [-0.2, 0) is 11.3 Å². The number of nitrogens with one attached hydrogen (secondary N) is 2. The summed E-state index contributed by atoms with van der Waals surface area (Å²) in [5.41, 5.74) is 4.41. The zero-order valence-electron chi connectivity index (χ0n) is 18.1. The smallest absolute Gasteiger partial charge is 0.191 e. The molecule has 0 spiro atoms. The highest BCUT2D eigenvalue weighted by molar-refractivity contribution is 5.79. The molecule has 0 amide bonds. The second-order valence-electron chi connectivity index (χ2n) is 7.35. The lowest BCUT2D eigenvalue weighted by molar-refractivity contribution is 0.0258. The predicted octanol–water partition coefficient (Wildman–Crippen LogP) is 3.61.